The van der Waals surface area contributed by atoms with E-state index >= 15 is 0 Å². The highest BCUT2D eigenvalue weighted by molar-refractivity contribution is 7.99. The second-order valence-corrected chi connectivity index (χ2v) is 14.6. The molecular weight excluding hydrogens is 663 g/mol. The van der Waals surface area contributed by atoms with Gasteiger partial charge >= 0.3 is 18.0 Å². The number of aromatic nitrogens is 2. The quantitative estimate of drug-likeness (QED) is 0.247. The molecule has 0 bridgehead atoms. The van der Waals surface area contributed by atoms with Gasteiger partial charge in [0.2, 0.25) is 5.91 Å². The Morgan fingerprint density at radius 1 is 1.06 bits per heavy atom. The molecule has 4 aliphatic heterocycles. The summed E-state index contributed by atoms with van der Waals surface area (Å²) >= 11 is 1.16. The summed E-state index contributed by atoms with van der Waals surface area (Å²) in [6.45, 7) is 5.01. The highest BCUT2D eigenvalue weighted by Crippen LogP contribution is 2.40. The first kappa shape index (κ1) is 35.6. The molecule has 3 amide bonds. The van der Waals surface area contributed by atoms with Crippen LogP contribution in [0.15, 0.2) is 23.1 Å². The molecule has 268 valence electrons. The van der Waals surface area contributed by atoms with Crippen LogP contribution in [0, 0.1) is 0 Å². The molecule has 1 aromatic carbocycles. The second kappa shape index (κ2) is 15.0. The van der Waals surface area contributed by atoms with Crippen LogP contribution in [0.3, 0.4) is 0 Å². The van der Waals surface area contributed by atoms with Gasteiger partial charge in [-0.15, -0.1) is 11.8 Å². The first-order chi connectivity index (χ1) is 23.4. The van der Waals surface area contributed by atoms with E-state index in [1.807, 2.05) is 0 Å². The van der Waals surface area contributed by atoms with Crippen LogP contribution in [0.1, 0.15) is 48.9 Å². The number of benzene rings is 1. The van der Waals surface area contributed by atoms with Crippen molar-refractivity contribution in [2.75, 3.05) is 58.1 Å². The molecule has 2 atom stereocenters. The monoisotopic (exact) mass is 707 g/mol. The predicted octanol–water partition coefficient (Wildman–Crippen LogP) is 1.55. The van der Waals surface area contributed by atoms with Gasteiger partial charge in [0, 0.05) is 79.2 Å². The summed E-state index contributed by atoms with van der Waals surface area (Å²) in [6, 6.07) is 4.03. The van der Waals surface area contributed by atoms with Gasteiger partial charge in [0.15, 0.2) is 0 Å². The van der Waals surface area contributed by atoms with E-state index in [9.17, 15) is 37.8 Å². The lowest BCUT2D eigenvalue weighted by molar-refractivity contribution is -0.144. The lowest BCUT2D eigenvalue weighted by Crippen LogP contribution is -2.47. The number of β-amino-alcohol motifs (C(OH)–C–C–N with tert-alkyl or cyclic N) is 2. The largest absolute Gasteiger partial charge is 0.417 e. The first-order valence-electron chi connectivity index (χ1n) is 17.0. The molecule has 16 heteroatoms. The molecule has 0 aliphatic carbocycles. The summed E-state index contributed by atoms with van der Waals surface area (Å²) in [5.74, 6) is -1.46. The number of carbonyl (C=O) groups is 3. The highest BCUT2D eigenvalue weighted by Gasteiger charge is 2.37. The van der Waals surface area contributed by atoms with E-state index in [1.54, 1.807) is 9.58 Å². The molecule has 0 spiro atoms. The summed E-state index contributed by atoms with van der Waals surface area (Å²) in [4.78, 5) is 44.1. The fraction of sp³-hybridized carbons (Fsp3) is 0.636. The summed E-state index contributed by atoms with van der Waals surface area (Å²) < 4.78 is 43.9. The Bertz CT molecular complexity index is 1540. The molecule has 0 radical (unpaired) electrons. The molecule has 5 heterocycles. The van der Waals surface area contributed by atoms with Crippen LogP contribution in [0.25, 0.3) is 11.3 Å². The first-order valence-corrected chi connectivity index (χ1v) is 18.0. The predicted molar refractivity (Wildman–Crippen MR) is 175 cm³/mol. The molecule has 4 aliphatic rings. The summed E-state index contributed by atoms with van der Waals surface area (Å²) in [5, 5.41) is 25.9. The Balaban J connectivity index is 1.20. The van der Waals surface area contributed by atoms with Crippen LogP contribution < -0.4 is 5.73 Å². The van der Waals surface area contributed by atoms with Crippen molar-refractivity contribution in [3.63, 3.8) is 0 Å². The average Bonchev–Trinajstić information content (AvgIpc) is 3.79. The Morgan fingerprint density at radius 2 is 1.80 bits per heavy atom. The third kappa shape index (κ3) is 8.25. The Hall–Kier alpha value is -3.18. The van der Waals surface area contributed by atoms with Gasteiger partial charge in [0.1, 0.15) is 0 Å². The van der Waals surface area contributed by atoms with Crippen molar-refractivity contribution in [1.82, 2.24) is 29.4 Å². The average molecular weight is 708 g/mol. The molecule has 0 saturated carbocycles. The van der Waals surface area contributed by atoms with Crippen molar-refractivity contribution < 1.29 is 37.8 Å². The second-order valence-electron chi connectivity index (χ2n) is 13.5. The Kier molecular flexibility index (Phi) is 10.9. The topological polar surface area (TPSA) is 148 Å². The Morgan fingerprint density at radius 3 is 2.45 bits per heavy atom. The van der Waals surface area contributed by atoms with Gasteiger partial charge in [-0.25, -0.2) is 0 Å². The minimum absolute atomic E-state index is 0.0123. The zero-order chi connectivity index (χ0) is 34.9. The third-order valence-electron chi connectivity index (χ3n) is 10.0. The van der Waals surface area contributed by atoms with E-state index in [4.69, 9.17) is 10.8 Å². The summed E-state index contributed by atoms with van der Waals surface area (Å²) in [7, 11) is 0. The van der Waals surface area contributed by atoms with Gasteiger partial charge in [-0.05, 0) is 50.9 Å². The number of alkyl halides is 3. The lowest BCUT2D eigenvalue weighted by Gasteiger charge is -2.37. The maximum atomic E-state index is 14.1. The van der Waals surface area contributed by atoms with Crippen LogP contribution in [0.5, 0.6) is 0 Å². The van der Waals surface area contributed by atoms with Gasteiger partial charge < -0.3 is 35.5 Å². The standard InChI is InChI=1S/C33H44F3N7O5S/c34-33(35,36)26-4-3-21(15-28(26)49-14-13-39-8-1-2-9-39)30-25-20-41(32(48)31(37)47)12-7-27(25)43(38-30)19-24(45)17-40-10-5-22(6-11-40)42-18-23(44)16-29(42)46/h3-4,15,22-24,44-45H,1-2,5-14,16-20H2,(H2,37,47). The van der Waals surface area contributed by atoms with Gasteiger partial charge in [0.25, 0.3) is 0 Å². The van der Waals surface area contributed by atoms with Crippen molar-refractivity contribution in [1.29, 1.82) is 0 Å². The molecule has 2 aromatic rings. The SMILES string of the molecule is NC(=O)C(=O)N1CCc2c(c(-c3ccc(C(F)(F)F)c(SCCN4CCCC4)c3)nn2CC(O)CN2CCC(N3CC(O)CC3=O)CC2)C1. The number of amides is 3. The number of hydrogen-bond acceptors (Lipinski definition) is 9. The summed E-state index contributed by atoms with van der Waals surface area (Å²) in [6.07, 6.45) is -1.83. The zero-order valence-corrected chi connectivity index (χ0v) is 28.2. The van der Waals surface area contributed by atoms with Crippen molar-refractivity contribution in [3.05, 3.63) is 35.0 Å². The molecule has 6 rings (SSSR count). The van der Waals surface area contributed by atoms with Crippen molar-refractivity contribution in [2.45, 2.75) is 80.9 Å². The van der Waals surface area contributed by atoms with Crippen molar-refractivity contribution in [3.8, 4) is 11.3 Å². The van der Waals surface area contributed by atoms with Crippen molar-refractivity contribution in [2.24, 2.45) is 5.73 Å². The summed E-state index contributed by atoms with van der Waals surface area (Å²) in [5.41, 5.74) is 6.79. The normalized spacial score (nSPS) is 21.8. The van der Waals surface area contributed by atoms with Gasteiger partial charge in [-0.3, -0.25) is 19.1 Å². The molecular formula is C33H44F3N7O5S. The van der Waals surface area contributed by atoms with E-state index in [0.717, 1.165) is 62.3 Å². The van der Waals surface area contributed by atoms with Gasteiger partial charge in [0.05, 0.1) is 43.0 Å². The van der Waals surface area contributed by atoms with Crippen LogP contribution in [-0.2, 0) is 40.1 Å². The number of rotatable bonds is 10. The number of nitrogens with zero attached hydrogens (tertiary/aromatic N) is 6. The van der Waals surface area contributed by atoms with Crippen LogP contribution in [0.2, 0.25) is 0 Å². The van der Waals surface area contributed by atoms with E-state index in [1.165, 1.54) is 17.0 Å². The maximum Gasteiger partial charge on any atom is 0.417 e. The number of aliphatic hydroxyl groups is 2. The number of nitrogens with two attached hydrogens (primary N) is 1. The van der Waals surface area contributed by atoms with E-state index in [0.29, 0.717) is 61.7 Å². The zero-order valence-electron chi connectivity index (χ0n) is 27.4. The number of piperidine rings is 1. The minimum Gasteiger partial charge on any atom is -0.391 e. The van der Waals surface area contributed by atoms with Gasteiger partial charge in [-0.2, -0.15) is 18.3 Å². The smallest absolute Gasteiger partial charge is 0.391 e. The molecule has 12 nitrogen and oxygen atoms in total. The molecule has 4 N–H and O–H groups in total. The van der Waals surface area contributed by atoms with Crippen molar-refractivity contribution >= 4 is 29.5 Å². The number of primary amides is 1. The number of likely N-dealkylation sites (tertiary alicyclic amines) is 3. The number of aliphatic hydroxyl groups excluding tert-OH is 2. The maximum absolute atomic E-state index is 14.1. The van der Waals surface area contributed by atoms with E-state index in [2.05, 4.69) is 9.80 Å². The fourth-order valence-electron chi connectivity index (χ4n) is 7.55. The highest BCUT2D eigenvalue weighted by atomic mass is 32.2. The molecule has 2 unspecified atom stereocenters. The van der Waals surface area contributed by atoms with E-state index in [-0.39, 0.29) is 42.9 Å². The fourth-order valence-corrected chi connectivity index (χ4v) is 8.67. The number of halogens is 3. The molecule has 49 heavy (non-hydrogen) atoms. The van der Waals surface area contributed by atoms with Crippen LogP contribution >= 0.6 is 11.8 Å². The number of thioether (sulfide) groups is 1. The Labute approximate surface area is 287 Å². The molecule has 3 fully saturated rings. The third-order valence-corrected chi connectivity index (χ3v) is 11.1. The van der Waals surface area contributed by atoms with Crippen LogP contribution in [-0.4, -0.2) is 134 Å². The number of hydrogen-bond donors (Lipinski definition) is 3. The molecule has 3 saturated heterocycles. The van der Waals surface area contributed by atoms with E-state index < -0.39 is 35.8 Å². The number of fused-ring (bicyclic) bond motifs is 1. The molecule has 1 aromatic heterocycles. The minimum atomic E-state index is -4.54. The van der Waals surface area contributed by atoms with Gasteiger partial charge in [-0.1, -0.05) is 6.07 Å². The van der Waals surface area contributed by atoms with Crippen LogP contribution in [0.4, 0.5) is 13.2 Å². The lowest BCUT2D eigenvalue weighted by atomic mass is 9.99. The number of carbonyl (C=O) groups excluding carboxylic acids is 3.